The minimum absolute atomic E-state index is 0. The first-order valence-electron chi connectivity index (χ1n) is 3.22. The summed E-state index contributed by atoms with van der Waals surface area (Å²) < 4.78 is 23.6. The molecule has 0 aliphatic carbocycles. The summed E-state index contributed by atoms with van der Waals surface area (Å²) in [6, 6.07) is 0. The third-order valence-corrected chi connectivity index (χ3v) is 1.55. The van der Waals surface area contributed by atoms with E-state index in [1.807, 2.05) is 0 Å². The van der Waals surface area contributed by atoms with Crippen molar-refractivity contribution in [2.75, 3.05) is 13.2 Å². The Kier molecular flexibility index (Phi) is 11.1. The summed E-state index contributed by atoms with van der Waals surface area (Å²) in [6.45, 7) is 3.72. The predicted molar refractivity (Wildman–Crippen MR) is 45.9 cm³/mol. The van der Waals surface area contributed by atoms with E-state index in [1.54, 1.807) is 13.8 Å². The molecule has 0 amide bonds. The Balaban J connectivity index is 0. The van der Waals surface area contributed by atoms with Crippen LogP contribution in [-0.4, -0.2) is 38.2 Å². The van der Waals surface area contributed by atoms with Gasteiger partial charge in [0.05, 0.1) is 13.2 Å². The first-order valence-corrected chi connectivity index (χ1v) is 4.44. The van der Waals surface area contributed by atoms with E-state index < -0.39 is 14.4 Å². The molecule has 1 unspecified atom stereocenters. The van der Waals surface area contributed by atoms with Gasteiger partial charge in [0.15, 0.2) is 0 Å². The van der Waals surface area contributed by atoms with E-state index >= 15 is 0 Å². The fraction of sp³-hybridized carbons (Fsp3) is 0.800. The Bertz CT molecular complexity index is 135. The number of hydrogen-bond donors (Lipinski definition) is 0. The molecule has 0 rings (SSSR count). The van der Waals surface area contributed by atoms with Gasteiger partial charge in [-0.25, -0.2) is 9.36 Å². The zero-order valence-electron chi connectivity index (χ0n) is 6.46. The van der Waals surface area contributed by atoms with E-state index in [9.17, 15) is 9.36 Å². The van der Waals surface area contributed by atoms with Gasteiger partial charge in [0.1, 0.15) is 0 Å². The molecule has 0 aromatic heterocycles. The van der Waals surface area contributed by atoms with E-state index in [-0.39, 0.29) is 32.1 Å². The fourth-order valence-corrected chi connectivity index (χ4v) is 0.852. The summed E-state index contributed by atoms with van der Waals surface area (Å²) in [6.07, 6.45) is -0.954. The Labute approximate surface area is 83.9 Å². The van der Waals surface area contributed by atoms with Crippen LogP contribution in [0.4, 0.5) is 4.79 Å². The topological polar surface area (TPSA) is 61.8 Å². The van der Waals surface area contributed by atoms with Gasteiger partial charge in [-0.2, -0.15) is 0 Å². The maximum atomic E-state index is 10.6. The molecular formula is C5H12LiO5P. The van der Waals surface area contributed by atoms with Crippen molar-refractivity contribution in [2.24, 2.45) is 0 Å². The second-order valence-electron chi connectivity index (χ2n) is 1.47. The molecule has 0 radical (unpaired) electrons. The Hall–Kier alpha value is 0.0574. The molecule has 0 saturated carbocycles. The first kappa shape index (κ1) is 14.6. The van der Waals surface area contributed by atoms with Crippen molar-refractivity contribution in [3.8, 4) is 0 Å². The molecule has 0 heterocycles. The molecule has 0 aromatic carbocycles. The van der Waals surface area contributed by atoms with Crippen LogP contribution < -0.4 is 0 Å². The monoisotopic (exact) mass is 190 g/mol. The third-order valence-electron chi connectivity index (χ3n) is 0.691. The first-order chi connectivity index (χ1) is 5.20. The molecule has 0 N–H and O–H groups in total. The van der Waals surface area contributed by atoms with Gasteiger partial charge in [0.25, 0.3) is 0 Å². The standard InChI is InChI=1S/C5H11O5P.Li.H/c1-3-8-5(6)10-11(7)9-4-2;;/h11H,3-4H2,1-2H3;;. The van der Waals surface area contributed by atoms with Crippen LogP contribution >= 0.6 is 8.25 Å². The number of carbonyl (C=O) groups is 1. The van der Waals surface area contributed by atoms with Crippen LogP contribution in [0.3, 0.4) is 0 Å². The Morgan fingerprint density at radius 2 is 1.92 bits per heavy atom. The van der Waals surface area contributed by atoms with E-state index in [0.29, 0.717) is 0 Å². The SMILES string of the molecule is CCOC(=O)O[PH](=O)OCC.[LiH]. The van der Waals surface area contributed by atoms with E-state index in [4.69, 9.17) is 0 Å². The predicted octanol–water partition coefficient (Wildman–Crippen LogP) is 0.937. The van der Waals surface area contributed by atoms with Crippen LogP contribution in [0, 0.1) is 0 Å². The van der Waals surface area contributed by atoms with Crippen LogP contribution in [0.1, 0.15) is 13.8 Å². The summed E-state index contributed by atoms with van der Waals surface area (Å²) in [7, 11) is -2.69. The molecule has 1 atom stereocenters. The van der Waals surface area contributed by atoms with E-state index in [1.165, 1.54) is 0 Å². The van der Waals surface area contributed by atoms with Crippen molar-refractivity contribution in [1.82, 2.24) is 0 Å². The minimum atomic E-state index is -2.69. The van der Waals surface area contributed by atoms with Crippen molar-refractivity contribution in [3.63, 3.8) is 0 Å². The normalized spacial score (nSPS) is 11.2. The fourth-order valence-electron chi connectivity index (χ4n) is 0.363. The van der Waals surface area contributed by atoms with Gasteiger partial charge in [-0.15, -0.1) is 0 Å². The third kappa shape index (κ3) is 8.16. The maximum absolute atomic E-state index is 10.6. The zero-order valence-corrected chi connectivity index (χ0v) is 7.46. The average Bonchev–Trinajstić information content (AvgIpc) is 1.87. The van der Waals surface area contributed by atoms with Gasteiger partial charge < -0.3 is 13.8 Å². The second kappa shape index (κ2) is 9.15. The summed E-state index contributed by atoms with van der Waals surface area (Å²) in [5.41, 5.74) is 0. The van der Waals surface area contributed by atoms with Gasteiger partial charge in [0.2, 0.25) is 0 Å². The molecule has 0 saturated heterocycles. The zero-order chi connectivity index (χ0) is 8.69. The molecule has 7 heteroatoms. The summed E-state index contributed by atoms with van der Waals surface area (Å²) in [4.78, 5) is 10.4. The van der Waals surface area contributed by atoms with Gasteiger partial charge >= 0.3 is 33.3 Å². The molecule has 0 aliphatic rings. The Morgan fingerprint density at radius 3 is 2.33 bits per heavy atom. The number of carbonyl (C=O) groups excluding carboxylic acids is 1. The number of rotatable bonds is 4. The van der Waals surface area contributed by atoms with E-state index in [0.717, 1.165) is 0 Å². The number of ether oxygens (including phenoxy) is 1. The van der Waals surface area contributed by atoms with Gasteiger partial charge in [-0.1, -0.05) is 0 Å². The molecule has 0 aromatic rings. The molecule has 0 bridgehead atoms. The molecule has 0 fully saturated rings. The van der Waals surface area contributed by atoms with Crippen LogP contribution in [0.5, 0.6) is 0 Å². The van der Waals surface area contributed by atoms with Crippen LogP contribution in [-0.2, 0) is 18.3 Å². The van der Waals surface area contributed by atoms with Crippen LogP contribution in [0.15, 0.2) is 0 Å². The van der Waals surface area contributed by atoms with Gasteiger partial charge in [-0.05, 0) is 13.8 Å². The summed E-state index contributed by atoms with van der Waals surface area (Å²) in [5.74, 6) is 0. The van der Waals surface area contributed by atoms with Gasteiger partial charge in [0, 0.05) is 0 Å². The molecule has 68 valence electrons. The Morgan fingerprint density at radius 1 is 1.33 bits per heavy atom. The summed E-state index contributed by atoms with van der Waals surface area (Å²) >= 11 is 0. The van der Waals surface area contributed by atoms with Crippen molar-refractivity contribution >= 4 is 33.3 Å². The quantitative estimate of drug-likeness (QED) is 0.375. The van der Waals surface area contributed by atoms with Gasteiger partial charge in [-0.3, -0.25) is 0 Å². The molecular weight excluding hydrogens is 178 g/mol. The molecule has 5 nitrogen and oxygen atoms in total. The molecule has 0 spiro atoms. The molecule has 12 heavy (non-hydrogen) atoms. The van der Waals surface area contributed by atoms with Crippen LogP contribution in [0.25, 0.3) is 0 Å². The summed E-state index contributed by atoms with van der Waals surface area (Å²) in [5, 5.41) is 0. The van der Waals surface area contributed by atoms with Crippen molar-refractivity contribution in [2.45, 2.75) is 13.8 Å². The molecule has 0 aliphatic heterocycles. The average molecular weight is 190 g/mol. The van der Waals surface area contributed by atoms with E-state index in [2.05, 4.69) is 13.8 Å². The van der Waals surface area contributed by atoms with Crippen molar-refractivity contribution in [3.05, 3.63) is 0 Å². The number of hydrogen-bond acceptors (Lipinski definition) is 5. The second-order valence-corrected chi connectivity index (χ2v) is 2.46. The van der Waals surface area contributed by atoms with Crippen molar-refractivity contribution < 1.29 is 23.1 Å². The van der Waals surface area contributed by atoms with Crippen LogP contribution in [0.2, 0.25) is 0 Å². The van der Waals surface area contributed by atoms with Crippen molar-refractivity contribution in [1.29, 1.82) is 0 Å².